The van der Waals surface area contributed by atoms with Gasteiger partial charge < -0.3 is 15.8 Å². The standard InChI is InChI=1S/C18H28N2O2/c1-13(2)18-15(9-6-10-22-18)12-20-17(21)11-16(19)14-7-4-3-5-8-14/h3-5,7-8,13,15-16,18H,6,9-12,19H2,1-2H3,(H,20,21). The van der Waals surface area contributed by atoms with Crippen molar-refractivity contribution < 1.29 is 9.53 Å². The molecule has 4 nitrogen and oxygen atoms in total. The Labute approximate surface area is 133 Å². The van der Waals surface area contributed by atoms with Crippen molar-refractivity contribution in [2.24, 2.45) is 17.6 Å². The molecule has 4 heteroatoms. The van der Waals surface area contributed by atoms with E-state index in [0.717, 1.165) is 25.0 Å². The highest BCUT2D eigenvalue weighted by Crippen LogP contribution is 2.25. The van der Waals surface area contributed by atoms with Gasteiger partial charge in [0.2, 0.25) is 5.91 Å². The third-order valence-electron chi connectivity index (χ3n) is 4.35. The molecule has 3 atom stereocenters. The zero-order chi connectivity index (χ0) is 15.9. The summed E-state index contributed by atoms with van der Waals surface area (Å²) in [6, 6.07) is 9.51. The molecular formula is C18H28N2O2. The van der Waals surface area contributed by atoms with Gasteiger partial charge >= 0.3 is 0 Å². The molecule has 0 bridgehead atoms. The topological polar surface area (TPSA) is 64.3 Å². The van der Waals surface area contributed by atoms with Gasteiger partial charge in [0.15, 0.2) is 0 Å². The lowest BCUT2D eigenvalue weighted by molar-refractivity contribution is -0.122. The van der Waals surface area contributed by atoms with Crippen molar-refractivity contribution in [1.29, 1.82) is 0 Å². The molecule has 1 aliphatic heterocycles. The lowest BCUT2D eigenvalue weighted by atomic mass is 9.87. The maximum Gasteiger partial charge on any atom is 0.221 e. The van der Waals surface area contributed by atoms with E-state index in [9.17, 15) is 4.79 Å². The van der Waals surface area contributed by atoms with Crippen LogP contribution in [-0.2, 0) is 9.53 Å². The second kappa shape index (κ2) is 8.30. The monoisotopic (exact) mass is 304 g/mol. The van der Waals surface area contributed by atoms with Crippen LogP contribution < -0.4 is 11.1 Å². The van der Waals surface area contributed by atoms with Crippen LogP contribution in [0.3, 0.4) is 0 Å². The van der Waals surface area contributed by atoms with Gasteiger partial charge in [-0.05, 0) is 24.3 Å². The number of amides is 1. The second-order valence-corrected chi connectivity index (χ2v) is 6.51. The van der Waals surface area contributed by atoms with Gasteiger partial charge in [0.25, 0.3) is 0 Å². The van der Waals surface area contributed by atoms with Crippen molar-refractivity contribution in [3.05, 3.63) is 35.9 Å². The van der Waals surface area contributed by atoms with Gasteiger partial charge in [0.1, 0.15) is 0 Å². The highest BCUT2D eigenvalue weighted by molar-refractivity contribution is 5.76. The summed E-state index contributed by atoms with van der Waals surface area (Å²) in [7, 11) is 0. The van der Waals surface area contributed by atoms with Gasteiger partial charge in [0, 0.05) is 31.5 Å². The van der Waals surface area contributed by atoms with Crippen LogP contribution in [0.1, 0.15) is 44.7 Å². The van der Waals surface area contributed by atoms with Crippen molar-refractivity contribution in [3.63, 3.8) is 0 Å². The van der Waals surface area contributed by atoms with Crippen molar-refractivity contribution in [2.45, 2.75) is 45.3 Å². The molecule has 22 heavy (non-hydrogen) atoms. The fourth-order valence-electron chi connectivity index (χ4n) is 3.16. The molecular weight excluding hydrogens is 276 g/mol. The molecule has 1 aromatic carbocycles. The van der Waals surface area contributed by atoms with Gasteiger partial charge in [-0.2, -0.15) is 0 Å². The average Bonchev–Trinajstić information content (AvgIpc) is 2.54. The zero-order valence-corrected chi connectivity index (χ0v) is 13.6. The van der Waals surface area contributed by atoms with Gasteiger partial charge in [-0.1, -0.05) is 44.2 Å². The van der Waals surface area contributed by atoms with Crippen molar-refractivity contribution in [3.8, 4) is 0 Å². The summed E-state index contributed by atoms with van der Waals surface area (Å²) in [6.07, 6.45) is 2.77. The van der Waals surface area contributed by atoms with Gasteiger partial charge in [-0.25, -0.2) is 0 Å². The van der Waals surface area contributed by atoms with E-state index in [1.807, 2.05) is 30.3 Å². The van der Waals surface area contributed by atoms with E-state index in [1.165, 1.54) is 0 Å². The Morgan fingerprint density at radius 2 is 2.09 bits per heavy atom. The number of ether oxygens (including phenoxy) is 1. The molecule has 122 valence electrons. The van der Waals surface area contributed by atoms with Crippen LogP contribution in [0.4, 0.5) is 0 Å². The summed E-state index contributed by atoms with van der Waals surface area (Å²) in [5.74, 6) is 0.906. The maximum absolute atomic E-state index is 12.1. The first kappa shape index (κ1) is 17.0. The number of carbonyl (C=O) groups excluding carboxylic acids is 1. The van der Waals surface area contributed by atoms with Crippen molar-refractivity contribution in [1.82, 2.24) is 5.32 Å². The van der Waals surface area contributed by atoms with E-state index in [4.69, 9.17) is 10.5 Å². The molecule has 1 saturated heterocycles. The molecule has 1 aliphatic rings. The zero-order valence-electron chi connectivity index (χ0n) is 13.6. The summed E-state index contributed by atoms with van der Waals surface area (Å²) < 4.78 is 5.86. The first-order valence-corrected chi connectivity index (χ1v) is 8.26. The number of hydrogen-bond acceptors (Lipinski definition) is 3. The molecule has 1 heterocycles. The molecule has 0 spiro atoms. The fourth-order valence-corrected chi connectivity index (χ4v) is 3.16. The van der Waals surface area contributed by atoms with E-state index in [0.29, 0.717) is 24.8 Å². The van der Waals surface area contributed by atoms with Crippen LogP contribution in [0.5, 0.6) is 0 Å². The molecule has 0 aromatic heterocycles. The van der Waals surface area contributed by atoms with Crippen LogP contribution >= 0.6 is 0 Å². The summed E-state index contributed by atoms with van der Waals surface area (Å²) >= 11 is 0. The van der Waals surface area contributed by atoms with Gasteiger partial charge in [-0.15, -0.1) is 0 Å². The van der Waals surface area contributed by atoms with Crippen molar-refractivity contribution in [2.75, 3.05) is 13.2 Å². The molecule has 0 aliphatic carbocycles. The lowest BCUT2D eigenvalue weighted by Crippen LogP contribution is -2.41. The minimum absolute atomic E-state index is 0.0180. The second-order valence-electron chi connectivity index (χ2n) is 6.51. The smallest absolute Gasteiger partial charge is 0.221 e. The number of nitrogens with one attached hydrogen (secondary N) is 1. The number of rotatable bonds is 6. The van der Waals surface area contributed by atoms with E-state index in [1.54, 1.807) is 0 Å². The molecule has 2 rings (SSSR count). The van der Waals surface area contributed by atoms with E-state index < -0.39 is 0 Å². The highest BCUT2D eigenvalue weighted by atomic mass is 16.5. The Hall–Kier alpha value is -1.39. The largest absolute Gasteiger partial charge is 0.378 e. The average molecular weight is 304 g/mol. The van der Waals surface area contributed by atoms with Crippen LogP contribution in [0.15, 0.2) is 30.3 Å². The SMILES string of the molecule is CC(C)C1OCCCC1CNC(=O)CC(N)c1ccccc1. The summed E-state index contributed by atoms with van der Waals surface area (Å²) in [5.41, 5.74) is 7.09. The third kappa shape index (κ3) is 4.82. The predicted octanol–water partition coefficient (Wildman–Crippen LogP) is 2.64. The Morgan fingerprint density at radius 1 is 1.36 bits per heavy atom. The molecule has 0 radical (unpaired) electrons. The maximum atomic E-state index is 12.1. The molecule has 1 aromatic rings. The fraction of sp³-hybridized carbons (Fsp3) is 0.611. The Balaban J connectivity index is 1.79. The quantitative estimate of drug-likeness (QED) is 0.849. The molecule has 1 fully saturated rings. The molecule has 3 unspecified atom stereocenters. The molecule has 1 amide bonds. The van der Waals surface area contributed by atoms with Crippen LogP contribution in [0.2, 0.25) is 0 Å². The summed E-state index contributed by atoms with van der Waals surface area (Å²) in [6.45, 7) is 5.88. The number of nitrogens with two attached hydrogens (primary N) is 1. The lowest BCUT2D eigenvalue weighted by Gasteiger charge is -2.34. The number of benzene rings is 1. The van der Waals surface area contributed by atoms with Gasteiger partial charge in [-0.3, -0.25) is 4.79 Å². The summed E-state index contributed by atoms with van der Waals surface area (Å²) in [4.78, 5) is 12.1. The first-order chi connectivity index (χ1) is 10.6. The van der Waals surface area contributed by atoms with E-state index in [-0.39, 0.29) is 18.1 Å². The minimum atomic E-state index is -0.246. The van der Waals surface area contributed by atoms with Crippen LogP contribution in [0, 0.1) is 11.8 Å². The van der Waals surface area contributed by atoms with Gasteiger partial charge in [0.05, 0.1) is 6.10 Å². The normalized spacial score (nSPS) is 23.3. The Bertz CT molecular complexity index is 461. The van der Waals surface area contributed by atoms with E-state index in [2.05, 4.69) is 19.2 Å². The Kier molecular flexibility index (Phi) is 6.40. The summed E-state index contributed by atoms with van der Waals surface area (Å²) in [5, 5.41) is 3.04. The van der Waals surface area contributed by atoms with Crippen LogP contribution in [-0.4, -0.2) is 25.2 Å². The predicted molar refractivity (Wildman–Crippen MR) is 88.3 cm³/mol. The number of hydrogen-bond donors (Lipinski definition) is 2. The third-order valence-corrected chi connectivity index (χ3v) is 4.35. The number of carbonyl (C=O) groups is 1. The Morgan fingerprint density at radius 3 is 2.77 bits per heavy atom. The first-order valence-electron chi connectivity index (χ1n) is 8.26. The highest BCUT2D eigenvalue weighted by Gasteiger charge is 2.28. The molecule has 0 saturated carbocycles. The minimum Gasteiger partial charge on any atom is -0.378 e. The van der Waals surface area contributed by atoms with Crippen LogP contribution in [0.25, 0.3) is 0 Å². The van der Waals surface area contributed by atoms with E-state index >= 15 is 0 Å². The van der Waals surface area contributed by atoms with Crippen molar-refractivity contribution >= 4 is 5.91 Å². The molecule has 3 N–H and O–H groups in total.